The zero-order valence-electron chi connectivity index (χ0n) is 11.7. The van der Waals surface area contributed by atoms with Crippen molar-refractivity contribution >= 4 is 0 Å². The molecule has 96 valence electrons. The van der Waals surface area contributed by atoms with Gasteiger partial charge in [-0.2, -0.15) is 0 Å². The summed E-state index contributed by atoms with van der Waals surface area (Å²) in [6.07, 6.45) is 1.30. The van der Waals surface area contributed by atoms with Crippen LogP contribution in [0.4, 0.5) is 0 Å². The van der Waals surface area contributed by atoms with Crippen molar-refractivity contribution in [3.63, 3.8) is 0 Å². The quantitative estimate of drug-likeness (QED) is 0.783. The highest BCUT2D eigenvalue weighted by Gasteiger charge is 2.25. The largest absolute Gasteiger partial charge is 0.315 e. The highest BCUT2D eigenvalue weighted by Crippen LogP contribution is 2.20. The summed E-state index contributed by atoms with van der Waals surface area (Å²) in [6, 6.07) is 0.580. The van der Waals surface area contributed by atoms with Crippen LogP contribution in [0.15, 0.2) is 0 Å². The van der Waals surface area contributed by atoms with Crippen LogP contribution >= 0.6 is 0 Å². The Morgan fingerprint density at radius 1 is 1.12 bits per heavy atom. The summed E-state index contributed by atoms with van der Waals surface area (Å²) in [7, 11) is 4.31. The van der Waals surface area contributed by atoms with Crippen molar-refractivity contribution in [2.24, 2.45) is 5.41 Å². The van der Waals surface area contributed by atoms with Crippen molar-refractivity contribution in [3.8, 4) is 0 Å². The number of nitrogens with one attached hydrogen (secondary N) is 1. The van der Waals surface area contributed by atoms with Crippen LogP contribution in [0.1, 0.15) is 27.2 Å². The molecule has 16 heavy (non-hydrogen) atoms. The van der Waals surface area contributed by atoms with E-state index in [9.17, 15) is 0 Å². The molecule has 1 rings (SSSR count). The minimum absolute atomic E-state index is 0.340. The SMILES string of the molecule is CNC(CN1CCCN(C)CC1)C(C)(C)C. The van der Waals surface area contributed by atoms with Gasteiger partial charge in [0.1, 0.15) is 0 Å². The maximum absolute atomic E-state index is 3.47. The van der Waals surface area contributed by atoms with Crippen molar-refractivity contribution in [2.45, 2.75) is 33.2 Å². The molecule has 0 aromatic carbocycles. The lowest BCUT2D eigenvalue weighted by atomic mass is 9.86. The minimum atomic E-state index is 0.340. The van der Waals surface area contributed by atoms with E-state index in [1.165, 1.54) is 39.1 Å². The molecule has 1 atom stereocenters. The lowest BCUT2D eigenvalue weighted by molar-refractivity contribution is 0.182. The lowest BCUT2D eigenvalue weighted by Crippen LogP contribution is -2.47. The lowest BCUT2D eigenvalue weighted by Gasteiger charge is -2.34. The highest BCUT2D eigenvalue weighted by molar-refractivity contribution is 4.83. The molecule has 0 aromatic rings. The Kier molecular flexibility index (Phi) is 5.22. The second kappa shape index (κ2) is 5.99. The molecule has 0 aliphatic carbocycles. The Morgan fingerprint density at radius 3 is 2.38 bits per heavy atom. The Balaban J connectivity index is 2.45. The number of nitrogens with zero attached hydrogens (tertiary/aromatic N) is 2. The van der Waals surface area contributed by atoms with E-state index in [1.807, 2.05) is 0 Å². The molecule has 0 bridgehead atoms. The molecule has 0 radical (unpaired) electrons. The fourth-order valence-electron chi connectivity index (χ4n) is 2.34. The summed E-state index contributed by atoms with van der Waals surface area (Å²) in [4.78, 5) is 5.04. The van der Waals surface area contributed by atoms with Gasteiger partial charge in [-0.1, -0.05) is 20.8 Å². The van der Waals surface area contributed by atoms with E-state index in [0.717, 1.165) is 0 Å². The standard InChI is InChI=1S/C13H29N3/c1-13(2,3)12(14-4)11-16-8-6-7-15(5)9-10-16/h12,14H,6-11H2,1-5H3. The van der Waals surface area contributed by atoms with E-state index in [0.29, 0.717) is 11.5 Å². The molecular weight excluding hydrogens is 198 g/mol. The molecule has 1 unspecified atom stereocenters. The number of hydrogen-bond donors (Lipinski definition) is 1. The molecule has 1 heterocycles. The van der Waals surface area contributed by atoms with Crippen molar-refractivity contribution in [1.82, 2.24) is 15.1 Å². The first-order valence-corrected chi connectivity index (χ1v) is 6.51. The molecule has 0 amide bonds. The predicted molar refractivity (Wildman–Crippen MR) is 70.9 cm³/mol. The molecule has 1 N–H and O–H groups in total. The van der Waals surface area contributed by atoms with Gasteiger partial charge in [0.2, 0.25) is 0 Å². The smallest absolute Gasteiger partial charge is 0.0240 e. The first-order valence-electron chi connectivity index (χ1n) is 6.51. The summed E-state index contributed by atoms with van der Waals surface area (Å²) in [5.74, 6) is 0. The van der Waals surface area contributed by atoms with E-state index < -0.39 is 0 Å². The zero-order valence-corrected chi connectivity index (χ0v) is 11.7. The third-order valence-corrected chi connectivity index (χ3v) is 3.65. The molecule has 0 saturated carbocycles. The van der Waals surface area contributed by atoms with Crippen molar-refractivity contribution < 1.29 is 0 Å². The van der Waals surface area contributed by atoms with Gasteiger partial charge >= 0.3 is 0 Å². The average Bonchev–Trinajstić information content (AvgIpc) is 2.38. The third-order valence-electron chi connectivity index (χ3n) is 3.65. The van der Waals surface area contributed by atoms with Crippen LogP contribution in [0, 0.1) is 5.41 Å². The molecule has 1 aliphatic heterocycles. The van der Waals surface area contributed by atoms with Gasteiger partial charge in [-0.3, -0.25) is 0 Å². The van der Waals surface area contributed by atoms with Gasteiger partial charge in [0.15, 0.2) is 0 Å². The molecule has 3 nitrogen and oxygen atoms in total. The summed E-state index contributed by atoms with van der Waals surface area (Å²) in [5, 5.41) is 3.47. The Bertz CT molecular complexity index is 198. The van der Waals surface area contributed by atoms with E-state index in [4.69, 9.17) is 0 Å². The molecule has 1 aliphatic rings. The van der Waals surface area contributed by atoms with Crippen LogP contribution in [-0.2, 0) is 0 Å². The van der Waals surface area contributed by atoms with Crippen molar-refractivity contribution in [1.29, 1.82) is 0 Å². The molecule has 0 aromatic heterocycles. The first kappa shape index (κ1) is 13.9. The number of likely N-dealkylation sites (N-methyl/N-ethyl adjacent to an activating group) is 2. The first-order chi connectivity index (χ1) is 7.43. The Hall–Kier alpha value is -0.120. The summed E-state index contributed by atoms with van der Waals surface area (Å²) in [6.45, 7) is 13.0. The number of rotatable bonds is 3. The van der Waals surface area contributed by atoms with E-state index >= 15 is 0 Å². The topological polar surface area (TPSA) is 18.5 Å². The van der Waals surface area contributed by atoms with Gasteiger partial charge in [0, 0.05) is 25.7 Å². The zero-order chi connectivity index (χ0) is 12.2. The average molecular weight is 227 g/mol. The van der Waals surface area contributed by atoms with E-state index in [1.54, 1.807) is 0 Å². The van der Waals surface area contributed by atoms with E-state index in [-0.39, 0.29) is 0 Å². The van der Waals surface area contributed by atoms with Gasteiger partial charge in [0.05, 0.1) is 0 Å². The third kappa shape index (κ3) is 4.40. The van der Waals surface area contributed by atoms with Gasteiger partial charge in [-0.05, 0) is 39.0 Å². The maximum atomic E-state index is 3.47. The van der Waals surface area contributed by atoms with Crippen LogP contribution in [-0.4, -0.2) is 62.7 Å². The normalized spacial score (nSPS) is 23.1. The molecule has 3 heteroatoms. The summed E-state index contributed by atoms with van der Waals surface area (Å²) in [5.41, 5.74) is 0.340. The van der Waals surface area contributed by atoms with E-state index in [2.05, 4.69) is 50.0 Å². The van der Waals surface area contributed by atoms with Crippen LogP contribution < -0.4 is 5.32 Å². The fraction of sp³-hybridized carbons (Fsp3) is 1.00. The van der Waals surface area contributed by atoms with Gasteiger partial charge in [0.25, 0.3) is 0 Å². The van der Waals surface area contributed by atoms with Gasteiger partial charge in [-0.15, -0.1) is 0 Å². The predicted octanol–water partition coefficient (Wildman–Crippen LogP) is 1.26. The van der Waals surface area contributed by atoms with Gasteiger partial charge in [-0.25, -0.2) is 0 Å². The molecule has 1 saturated heterocycles. The summed E-state index contributed by atoms with van der Waals surface area (Å²) >= 11 is 0. The monoisotopic (exact) mass is 227 g/mol. The minimum Gasteiger partial charge on any atom is -0.315 e. The molecular formula is C13H29N3. The second-order valence-electron chi connectivity index (χ2n) is 6.16. The second-order valence-corrected chi connectivity index (χ2v) is 6.16. The Labute approximate surface area is 101 Å². The van der Waals surface area contributed by atoms with Crippen LogP contribution in [0.3, 0.4) is 0 Å². The number of hydrogen-bond acceptors (Lipinski definition) is 3. The molecule has 1 fully saturated rings. The fourth-order valence-corrected chi connectivity index (χ4v) is 2.34. The van der Waals surface area contributed by atoms with Gasteiger partial charge < -0.3 is 15.1 Å². The maximum Gasteiger partial charge on any atom is 0.0240 e. The van der Waals surface area contributed by atoms with Crippen molar-refractivity contribution in [2.75, 3.05) is 46.8 Å². The Morgan fingerprint density at radius 2 is 1.81 bits per heavy atom. The highest BCUT2D eigenvalue weighted by atomic mass is 15.2. The van der Waals surface area contributed by atoms with Crippen LogP contribution in [0.5, 0.6) is 0 Å². The molecule has 0 spiro atoms. The summed E-state index contributed by atoms with van der Waals surface area (Å²) < 4.78 is 0. The van der Waals surface area contributed by atoms with Crippen LogP contribution in [0.25, 0.3) is 0 Å². The van der Waals surface area contributed by atoms with Crippen LogP contribution in [0.2, 0.25) is 0 Å². The van der Waals surface area contributed by atoms with Crippen molar-refractivity contribution in [3.05, 3.63) is 0 Å².